The predicted molar refractivity (Wildman–Crippen MR) is 101 cm³/mol. The lowest BCUT2D eigenvalue weighted by atomic mass is 10.1. The fraction of sp³-hybridized carbons (Fsp3) is 0.0526. The molecule has 3 rings (SSSR count). The minimum absolute atomic E-state index is 0.275. The molecule has 0 spiro atoms. The normalized spacial score (nSPS) is 10.4. The van der Waals surface area contributed by atoms with Crippen LogP contribution in [0.1, 0.15) is 26.5 Å². The van der Waals surface area contributed by atoms with E-state index in [1.165, 1.54) is 12.1 Å². The van der Waals surface area contributed by atoms with Crippen molar-refractivity contribution in [3.63, 3.8) is 0 Å². The number of benzene rings is 2. The van der Waals surface area contributed by atoms with Gasteiger partial charge in [0.05, 0.1) is 12.8 Å². The van der Waals surface area contributed by atoms with Crippen LogP contribution in [0, 0.1) is 0 Å². The molecule has 0 fully saturated rings. The second-order valence-electron chi connectivity index (χ2n) is 5.46. The lowest BCUT2D eigenvalue weighted by molar-refractivity contribution is 0.0946. The van der Waals surface area contributed by atoms with Crippen LogP contribution in [0.15, 0.2) is 65.3 Å². The van der Waals surface area contributed by atoms with E-state index in [4.69, 9.17) is 27.6 Å². The Bertz CT molecular complexity index is 919. The number of carbonyl (C=O) groups is 2. The maximum atomic E-state index is 12.3. The molecule has 0 unspecified atom stereocenters. The van der Waals surface area contributed by atoms with Crippen molar-refractivity contribution in [2.45, 2.75) is 6.54 Å². The highest BCUT2D eigenvalue weighted by Crippen LogP contribution is 2.20. The van der Waals surface area contributed by atoms with Gasteiger partial charge in [-0.25, -0.2) is 0 Å². The average Bonchev–Trinajstić information content (AvgIpc) is 3.12. The molecule has 1 heterocycles. The van der Waals surface area contributed by atoms with Crippen molar-refractivity contribution < 1.29 is 14.0 Å². The molecular weight excluding hydrogens is 375 g/mol. The van der Waals surface area contributed by atoms with E-state index >= 15 is 0 Å². The Labute approximate surface area is 159 Å². The highest BCUT2D eigenvalue weighted by atomic mass is 35.5. The second-order valence-corrected chi connectivity index (χ2v) is 6.33. The van der Waals surface area contributed by atoms with E-state index in [-0.39, 0.29) is 18.4 Å². The molecule has 2 amide bonds. The number of rotatable bonds is 5. The SMILES string of the molecule is O=C(NCc1ccco1)c1cccc(NC(=O)c2cc(Cl)cc(Cl)c2)c1. The molecule has 0 radical (unpaired) electrons. The van der Waals surface area contributed by atoms with Gasteiger partial charge in [0.2, 0.25) is 0 Å². The van der Waals surface area contributed by atoms with Crippen molar-refractivity contribution >= 4 is 40.7 Å². The zero-order valence-electron chi connectivity index (χ0n) is 13.5. The Kier molecular flexibility index (Phi) is 5.61. The van der Waals surface area contributed by atoms with Gasteiger partial charge in [-0.1, -0.05) is 29.3 Å². The van der Waals surface area contributed by atoms with Crippen LogP contribution in [0.2, 0.25) is 10.0 Å². The van der Waals surface area contributed by atoms with Crippen LogP contribution in [0.4, 0.5) is 5.69 Å². The number of furan rings is 1. The first-order valence-corrected chi connectivity index (χ1v) is 8.45. The van der Waals surface area contributed by atoms with Crippen LogP contribution >= 0.6 is 23.2 Å². The van der Waals surface area contributed by atoms with Crippen LogP contribution in [-0.4, -0.2) is 11.8 Å². The summed E-state index contributed by atoms with van der Waals surface area (Å²) in [6, 6.07) is 14.7. The number of carbonyl (C=O) groups excluding carboxylic acids is 2. The Balaban J connectivity index is 1.68. The molecule has 0 aliphatic heterocycles. The Morgan fingerprint density at radius 2 is 1.65 bits per heavy atom. The molecule has 2 aromatic carbocycles. The molecule has 0 atom stereocenters. The smallest absolute Gasteiger partial charge is 0.255 e. The number of halogens is 2. The first-order chi connectivity index (χ1) is 12.5. The average molecular weight is 389 g/mol. The molecule has 0 saturated heterocycles. The van der Waals surface area contributed by atoms with Gasteiger partial charge in [-0.3, -0.25) is 9.59 Å². The third-order valence-electron chi connectivity index (χ3n) is 3.51. The summed E-state index contributed by atoms with van der Waals surface area (Å²) in [7, 11) is 0. The summed E-state index contributed by atoms with van der Waals surface area (Å²) >= 11 is 11.8. The van der Waals surface area contributed by atoms with Gasteiger partial charge in [0.25, 0.3) is 11.8 Å². The zero-order valence-corrected chi connectivity index (χ0v) is 15.0. The third-order valence-corrected chi connectivity index (χ3v) is 3.95. The molecule has 5 nitrogen and oxygen atoms in total. The summed E-state index contributed by atoms with van der Waals surface area (Å²) in [6.45, 7) is 0.281. The summed E-state index contributed by atoms with van der Waals surface area (Å²) in [5.41, 5.74) is 1.23. The van der Waals surface area contributed by atoms with Gasteiger partial charge in [-0.2, -0.15) is 0 Å². The largest absolute Gasteiger partial charge is 0.467 e. The summed E-state index contributed by atoms with van der Waals surface area (Å²) < 4.78 is 5.17. The molecule has 7 heteroatoms. The van der Waals surface area contributed by atoms with Crippen LogP contribution in [0.3, 0.4) is 0 Å². The number of nitrogens with one attached hydrogen (secondary N) is 2. The number of anilines is 1. The predicted octanol–water partition coefficient (Wildman–Crippen LogP) is 4.77. The highest BCUT2D eigenvalue weighted by molar-refractivity contribution is 6.35. The Morgan fingerprint density at radius 3 is 2.35 bits per heavy atom. The maximum absolute atomic E-state index is 12.3. The molecule has 2 N–H and O–H groups in total. The van der Waals surface area contributed by atoms with Crippen LogP contribution in [-0.2, 0) is 6.54 Å². The van der Waals surface area contributed by atoms with Crippen molar-refractivity contribution in [1.29, 1.82) is 0 Å². The van der Waals surface area contributed by atoms with Crippen LogP contribution < -0.4 is 10.6 Å². The summed E-state index contributed by atoms with van der Waals surface area (Å²) in [5, 5.41) is 6.21. The molecule has 0 aliphatic rings. The zero-order chi connectivity index (χ0) is 18.5. The molecule has 3 aromatic rings. The van der Waals surface area contributed by atoms with Crippen molar-refractivity contribution in [3.05, 3.63) is 87.8 Å². The molecule has 1 aromatic heterocycles. The molecule has 0 saturated carbocycles. The Hall–Kier alpha value is -2.76. The van der Waals surface area contributed by atoms with Crippen molar-refractivity contribution in [2.75, 3.05) is 5.32 Å². The highest BCUT2D eigenvalue weighted by Gasteiger charge is 2.11. The topological polar surface area (TPSA) is 71.3 Å². The number of amides is 2. The third kappa shape index (κ3) is 4.65. The van der Waals surface area contributed by atoms with Crippen molar-refractivity contribution in [2.24, 2.45) is 0 Å². The monoisotopic (exact) mass is 388 g/mol. The molecule has 0 aliphatic carbocycles. The minimum Gasteiger partial charge on any atom is -0.467 e. The van der Waals surface area contributed by atoms with Crippen molar-refractivity contribution in [1.82, 2.24) is 5.32 Å². The van der Waals surface area contributed by atoms with Gasteiger partial charge in [0.15, 0.2) is 0 Å². The summed E-state index contributed by atoms with van der Waals surface area (Å²) in [6.07, 6.45) is 1.54. The fourth-order valence-electron chi connectivity index (χ4n) is 2.31. The van der Waals surface area contributed by atoms with Gasteiger partial charge in [-0.05, 0) is 48.5 Å². The van der Waals surface area contributed by atoms with Gasteiger partial charge in [0, 0.05) is 26.9 Å². The summed E-state index contributed by atoms with van der Waals surface area (Å²) in [5.74, 6) is 0.00600. The molecule has 26 heavy (non-hydrogen) atoms. The van der Waals surface area contributed by atoms with E-state index in [9.17, 15) is 9.59 Å². The van der Waals surface area contributed by atoms with Crippen LogP contribution in [0.5, 0.6) is 0 Å². The van der Waals surface area contributed by atoms with E-state index in [0.29, 0.717) is 32.6 Å². The van der Waals surface area contributed by atoms with Gasteiger partial charge >= 0.3 is 0 Å². The first-order valence-electron chi connectivity index (χ1n) is 7.69. The quantitative estimate of drug-likeness (QED) is 0.661. The number of hydrogen-bond acceptors (Lipinski definition) is 3. The van der Waals surface area contributed by atoms with Gasteiger partial charge in [-0.15, -0.1) is 0 Å². The fourth-order valence-corrected chi connectivity index (χ4v) is 2.84. The lowest BCUT2D eigenvalue weighted by Gasteiger charge is -2.08. The van der Waals surface area contributed by atoms with Gasteiger partial charge < -0.3 is 15.1 Å². The van der Waals surface area contributed by atoms with Crippen LogP contribution in [0.25, 0.3) is 0 Å². The maximum Gasteiger partial charge on any atom is 0.255 e. The van der Waals surface area contributed by atoms with E-state index in [1.807, 2.05) is 0 Å². The summed E-state index contributed by atoms with van der Waals surface area (Å²) in [4.78, 5) is 24.6. The molecule has 0 bridgehead atoms. The standard InChI is InChI=1S/C19H14Cl2N2O3/c20-14-7-13(8-15(21)10-14)19(25)23-16-4-1-3-12(9-16)18(24)22-11-17-5-2-6-26-17/h1-10H,11H2,(H,22,24)(H,23,25). The second kappa shape index (κ2) is 8.08. The van der Waals surface area contributed by atoms with E-state index < -0.39 is 0 Å². The molecule has 132 valence electrons. The number of hydrogen-bond donors (Lipinski definition) is 2. The van der Waals surface area contributed by atoms with Crippen molar-refractivity contribution in [3.8, 4) is 0 Å². The van der Waals surface area contributed by atoms with E-state index in [1.54, 1.807) is 48.7 Å². The lowest BCUT2D eigenvalue weighted by Crippen LogP contribution is -2.22. The van der Waals surface area contributed by atoms with E-state index in [0.717, 1.165) is 0 Å². The Morgan fingerprint density at radius 1 is 0.885 bits per heavy atom. The molecular formula is C19H14Cl2N2O3. The van der Waals surface area contributed by atoms with E-state index in [2.05, 4.69) is 10.6 Å². The first kappa shape index (κ1) is 18.0. The van der Waals surface area contributed by atoms with Gasteiger partial charge in [0.1, 0.15) is 5.76 Å². The minimum atomic E-state index is -0.373.